The Bertz CT molecular complexity index is 1680. The van der Waals surface area contributed by atoms with Gasteiger partial charge in [0.15, 0.2) is 0 Å². The largest absolute Gasteiger partial charge is 0.490 e. The number of sulfonamides is 1. The molecule has 2 aliphatic carbocycles. The number of nitrogens with one attached hydrogen (secondary N) is 1. The summed E-state index contributed by atoms with van der Waals surface area (Å²) in [5.74, 6) is 1.85. The molecule has 1 spiro atoms. The summed E-state index contributed by atoms with van der Waals surface area (Å²) < 4.78 is 36.1. The summed E-state index contributed by atoms with van der Waals surface area (Å²) in [6.07, 6.45) is 8.45. The predicted octanol–water partition coefficient (Wildman–Crippen LogP) is 6.36. The predicted molar refractivity (Wildman–Crippen MR) is 197 cm³/mol. The molecule has 2 bridgehead atoms. The average Bonchev–Trinajstić information content (AvgIpc) is 3.17. The van der Waals surface area contributed by atoms with Gasteiger partial charge in [0.1, 0.15) is 5.75 Å². The molecule has 0 aromatic heterocycles. The highest BCUT2D eigenvalue weighted by atomic mass is 35.5. The number of rotatable bonds is 3. The molecule has 5 aliphatic rings. The van der Waals surface area contributed by atoms with E-state index in [1.165, 1.54) is 24.0 Å². The van der Waals surface area contributed by atoms with Crippen LogP contribution >= 0.6 is 11.6 Å². The van der Waals surface area contributed by atoms with Crippen LogP contribution in [0.5, 0.6) is 5.75 Å². The lowest BCUT2D eigenvalue weighted by Crippen LogP contribution is -2.67. The third kappa shape index (κ3) is 6.74. The van der Waals surface area contributed by atoms with E-state index >= 15 is 0 Å². The second-order valence-electron chi connectivity index (χ2n) is 16.7. The van der Waals surface area contributed by atoms with Crippen molar-refractivity contribution in [2.75, 3.05) is 58.3 Å². The van der Waals surface area contributed by atoms with Crippen molar-refractivity contribution in [2.45, 2.75) is 88.3 Å². The molecule has 3 aliphatic heterocycles. The van der Waals surface area contributed by atoms with Gasteiger partial charge in [0.2, 0.25) is 10.0 Å². The van der Waals surface area contributed by atoms with Crippen molar-refractivity contribution in [3.05, 3.63) is 58.1 Å². The standard InChI is InChI=1S/C39H55ClN4O4S/c1-26-8-6-9-30(20-43-22-38(3,23-43)42(4)5)33-14-11-31(33)21-44-24-39(17-7-10-28-18-32(40)13-15-34(28)39)25-48-36-16-12-29(19-35(36)44)37(45)41-49(46,47)27(26)2/h12-13,15-16,18-19,26-27,30-31,33H,6-11,14,17,20-25H2,1-5H3,(H,41,45)/t26-,27+,30-,31-,33-,39-/m0/s1. The van der Waals surface area contributed by atoms with Crippen LogP contribution in [0.15, 0.2) is 36.4 Å². The summed E-state index contributed by atoms with van der Waals surface area (Å²) in [5, 5.41) is 0.0974. The van der Waals surface area contributed by atoms with Crippen LogP contribution in [0.2, 0.25) is 5.02 Å². The quantitative estimate of drug-likeness (QED) is 0.397. The van der Waals surface area contributed by atoms with Crippen molar-refractivity contribution in [1.82, 2.24) is 14.5 Å². The number of carbonyl (C=O) groups is 1. The SMILES string of the molecule is C[C@@H]1[C@@H](C)CCC[C@@H](CN2CC(C)(N(C)C)C2)[C@@H]2CC[C@H]2CN2C[C@@]3(CCCc4cc(Cl)ccc43)COc3ccc(cc32)C(=O)NS1(=O)=O. The number of hydrogen-bond donors (Lipinski definition) is 1. The summed E-state index contributed by atoms with van der Waals surface area (Å²) in [5.41, 5.74) is 3.88. The Morgan fingerprint density at radius 1 is 1.02 bits per heavy atom. The molecule has 2 fully saturated rings. The Hall–Kier alpha value is -2.33. The molecule has 1 saturated heterocycles. The molecule has 10 heteroatoms. The smallest absolute Gasteiger partial charge is 0.264 e. The number of carbonyl (C=O) groups excluding carboxylic acids is 1. The Labute approximate surface area is 298 Å². The third-order valence-electron chi connectivity index (χ3n) is 13.3. The van der Waals surface area contributed by atoms with Crippen molar-refractivity contribution in [3.8, 4) is 5.75 Å². The first-order chi connectivity index (χ1) is 23.3. The Balaban J connectivity index is 1.25. The summed E-state index contributed by atoms with van der Waals surface area (Å²) in [6, 6.07) is 11.8. The highest BCUT2D eigenvalue weighted by Gasteiger charge is 2.47. The molecule has 7 rings (SSSR count). The normalized spacial score (nSPS) is 32.9. The number of anilines is 1. The Morgan fingerprint density at radius 3 is 2.55 bits per heavy atom. The van der Waals surface area contributed by atoms with Crippen molar-refractivity contribution >= 4 is 33.2 Å². The van der Waals surface area contributed by atoms with Gasteiger partial charge in [-0.2, -0.15) is 0 Å². The van der Waals surface area contributed by atoms with E-state index in [0.29, 0.717) is 29.9 Å². The molecule has 0 unspecified atom stereocenters. The second-order valence-corrected chi connectivity index (χ2v) is 19.2. The lowest BCUT2D eigenvalue weighted by molar-refractivity contribution is -0.0405. The fourth-order valence-corrected chi connectivity index (χ4v) is 11.1. The van der Waals surface area contributed by atoms with Crippen molar-refractivity contribution < 1.29 is 17.9 Å². The summed E-state index contributed by atoms with van der Waals surface area (Å²) >= 11 is 6.48. The molecule has 6 atom stereocenters. The van der Waals surface area contributed by atoms with Gasteiger partial charge in [-0.15, -0.1) is 0 Å². The number of likely N-dealkylation sites (tertiary alicyclic amines) is 1. The fourth-order valence-electron chi connectivity index (χ4n) is 9.61. The van der Waals surface area contributed by atoms with Gasteiger partial charge in [-0.3, -0.25) is 9.69 Å². The minimum Gasteiger partial charge on any atom is -0.490 e. The topological polar surface area (TPSA) is 82.2 Å². The zero-order valence-corrected chi connectivity index (χ0v) is 31.6. The molecular weight excluding hydrogens is 656 g/mol. The highest BCUT2D eigenvalue weighted by molar-refractivity contribution is 7.90. The van der Waals surface area contributed by atoms with Crippen LogP contribution in [0.4, 0.5) is 5.69 Å². The second kappa shape index (κ2) is 13.3. The van der Waals surface area contributed by atoms with Crippen LogP contribution in [-0.2, 0) is 21.9 Å². The molecule has 8 nitrogen and oxygen atoms in total. The van der Waals surface area contributed by atoms with E-state index in [0.717, 1.165) is 87.7 Å². The molecule has 268 valence electrons. The van der Waals surface area contributed by atoms with Crippen molar-refractivity contribution in [2.24, 2.45) is 23.7 Å². The van der Waals surface area contributed by atoms with Crippen molar-refractivity contribution in [1.29, 1.82) is 0 Å². The molecule has 1 saturated carbocycles. The number of likely N-dealkylation sites (N-methyl/N-ethyl adjacent to an activating group) is 1. The van der Waals surface area contributed by atoms with Gasteiger partial charge in [-0.1, -0.05) is 31.0 Å². The number of fused-ring (bicyclic) bond motifs is 4. The number of hydrogen-bond acceptors (Lipinski definition) is 7. The molecule has 1 N–H and O–H groups in total. The minimum atomic E-state index is -3.86. The average molecular weight is 711 g/mol. The Morgan fingerprint density at radius 2 is 1.82 bits per heavy atom. The summed E-state index contributed by atoms with van der Waals surface area (Å²) in [7, 11) is 0.509. The van der Waals surface area contributed by atoms with Gasteiger partial charge >= 0.3 is 0 Å². The first-order valence-electron chi connectivity index (χ1n) is 18.5. The van der Waals surface area contributed by atoms with Gasteiger partial charge in [0, 0.05) is 54.3 Å². The number of benzene rings is 2. The number of nitrogens with zero attached hydrogens (tertiary/aromatic N) is 3. The molecule has 2 aromatic carbocycles. The maximum Gasteiger partial charge on any atom is 0.264 e. The van der Waals surface area contributed by atoms with Gasteiger partial charge in [0.05, 0.1) is 17.5 Å². The van der Waals surface area contributed by atoms with Crippen LogP contribution in [-0.4, -0.2) is 88.3 Å². The minimum absolute atomic E-state index is 0.0579. The van der Waals surface area contributed by atoms with E-state index in [4.69, 9.17) is 16.3 Å². The molecular formula is C39H55ClN4O4S. The lowest BCUT2D eigenvalue weighted by Gasteiger charge is -2.54. The van der Waals surface area contributed by atoms with Crippen LogP contribution in [0.3, 0.4) is 0 Å². The van der Waals surface area contributed by atoms with Gasteiger partial charge in [-0.25, -0.2) is 13.1 Å². The number of halogens is 1. The molecule has 1 amide bonds. The van der Waals surface area contributed by atoms with Crippen LogP contribution < -0.4 is 14.4 Å². The zero-order valence-electron chi connectivity index (χ0n) is 30.0. The van der Waals surface area contributed by atoms with Crippen molar-refractivity contribution in [3.63, 3.8) is 0 Å². The molecule has 0 radical (unpaired) electrons. The molecule has 3 heterocycles. The highest BCUT2D eigenvalue weighted by Crippen LogP contribution is 2.48. The number of amides is 1. The first-order valence-corrected chi connectivity index (χ1v) is 20.5. The van der Waals surface area contributed by atoms with Gasteiger partial charge in [0.25, 0.3) is 5.91 Å². The van der Waals surface area contributed by atoms with E-state index in [1.54, 1.807) is 13.0 Å². The third-order valence-corrected chi connectivity index (χ3v) is 15.4. The monoisotopic (exact) mass is 710 g/mol. The van der Waals surface area contributed by atoms with Gasteiger partial charge < -0.3 is 14.5 Å². The van der Waals surface area contributed by atoms with Crippen LogP contribution in [0.25, 0.3) is 0 Å². The number of ether oxygens (including phenoxy) is 1. The van der Waals surface area contributed by atoms with E-state index in [9.17, 15) is 13.2 Å². The fraction of sp³-hybridized carbons (Fsp3) is 0.667. The maximum atomic E-state index is 13.6. The summed E-state index contributed by atoms with van der Waals surface area (Å²) in [6.45, 7) is 11.6. The van der Waals surface area contributed by atoms with E-state index in [-0.39, 0.29) is 16.9 Å². The lowest BCUT2D eigenvalue weighted by atomic mass is 9.64. The van der Waals surface area contributed by atoms with Crippen LogP contribution in [0, 0.1) is 23.7 Å². The maximum absolute atomic E-state index is 13.6. The Kier molecular flexibility index (Phi) is 9.55. The summed E-state index contributed by atoms with van der Waals surface area (Å²) in [4.78, 5) is 21.1. The van der Waals surface area contributed by atoms with Crippen LogP contribution in [0.1, 0.15) is 87.2 Å². The molecule has 2 aromatic rings. The van der Waals surface area contributed by atoms with E-state index < -0.39 is 21.2 Å². The van der Waals surface area contributed by atoms with Gasteiger partial charge in [-0.05, 0) is 138 Å². The van der Waals surface area contributed by atoms with E-state index in [2.05, 4.69) is 52.6 Å². The zero-order chi connectivity index (χ0) is 34.7. The van der Waals surface area contributed by atoms with E-state index in [1.807, 2.05) is 25.1 Å². The first kappa shape index (κ1) is 35.1. The number of aryl methyl sites for hydroxylation is 1. The molecule has 49 heavy (non-hydrogen) atoms.